The van der Waals surface area contributed by atoms with E-state index < -0.39 is 17.6 Å². The number of fused-ring (bicyclic) bond motifs is 1. The van der Waals surface area contributed by atoms with Gasteiger partial charge in [0.25, 0.3) is 11.8 Å². The highest BCUT2D eigenvalue weighted by Gasteiger charge is 2.14. The minimum Gasteiger partial charge on any atom is -0.451 e. The molecular weight excluding hydrogens is 385 g/mol. The molecule has 0 aliphatic rings. The number of amides is 2. The van der Waals surface area contributed by atoms with Crippen molar-refractivity contribution in [1.82, 2.24) is 0 Å². The topological polar surface area (TPSA) is 95.1 Å². The number of hydrogen-bond acceptors (Lipinski definition) is 4. The van der Waals surface area contributed by atoms with Gasteiger partial charge >= 0.3 is 0 Å². The number of para-hydroxylation sites is 1. The molecule has 0 spiro atoms. The summed E-state index contributed by atoms with van der Waals surface area (Å²) in [5.41, 5.74) is 1.51. The van der Waals surface area contributed by atoms with Crippen LogP contribution in [0, 0.1) is 17.1 Å². The molecule has 0 unspecified atom stereocenters. The van der Waals surface area contributed by atoms with Crippen LogP contribution >= 0.6 is 0 Å². The molecule has 0 bridgehead atoms. The Labute approximate surface area is 170 Å². The van der Waals surface area contributed by atoms with Crippen molar-refractivity contribution in [2.45, 2.75) is 0 Å². The number of furan rings is 1. The van der Waals surface area contributed by atoms with Gasteiger partial charge in [-0.1, -0.05) is 18.2 Å². The standard InChI is InChI=1S/C23H14FN3O3/c24-19-11-14(13-25)5-10-18(19)22(28)26-16-6-8-17(9-7-16)27-23(29)21-12-15-3-1-2-4-20(15)30-21/h1-12H,(H,26,28)(H,27,29). The third-order valence-corrected chi connectivity index (χ3v) is 4.39. The van der Waals surface area contributed by atoms with Crippen molar-refractivity contribution in [3.8, 4) is 6.07 Å². The van der Waals surface area contributed by atoms with Crippen LogP contribution in [-0.4, -0.2) is 11.8 Å². The number of benzene rings is 3. The number of nitrogens with zero attached hydrogens (tertiary/aromatic N) is 1. The fourth-order valence-electron chi connectivity index (χ4n) is 2.89. The third kappa shape index (κ3) is 3.88. The summed E-state index contributed by atoms with van der Waals surface area (Å²) in [7, 11) is 0. The average molecular weight is 399 g/mol. The van der Waals surface area contributed by atoms with Crippen molar-refractivity contribution in [1.29, 1.82) is 5.26 Å². The van der Waals surface area contributed by atoms with Crippen LogP contribution < -0.4 is 10.6 Å². The highest BCUT2D eigenvalue weighted by atomic mass is 19.1. The Balaban J connectivity index is 1.43. The number of nitriles is 1. The van der Waals surface area contributed by atoms with Crippen LogP contribution in [0.1, 0.15) is 26.5 Å². The Hall–Kier alpha value is -4.44. The van der Waals surface area contributed by atoms with Gasteiger partial charge in [0.2, 0.25) is 0 Å². The minimum absolute atomic E-state index is 0.133. The van der Waals surface area contributed by atoms with Crippen LogP contribution in [0.5, 0.6) is 0 Å². The Morgan fingerprint density at radius 1 is 0.867 bits per heavy atom. The van der Waals surface area contributed by atoms with Crippen LogP contribution in [-0.2, 0) is 0 Å². The van der Waals surface area contributed by atoms with Gasteiger partial charge in [-0.2, -0.15) is 5.26 Å². The number of nitrogens with one attached hydrogen (secondary N) is 2. The van der Waals surface area contributed by atoms with Crippen molar-refractivity contribution in [3.63, 3.8) is 0 Å². The minimum atomic E-state index is -0.777. The second kappa shape index (κ2) is 7.89. The number of rotatable bonds is 4. The summed E-state index contributed by atoms with van der Waals surface area (Å²) in [5.74, 6) is -1.63. The molecular formula is C23H14FN3O3. The molecule has 3 aromatic carbocycles. The number of hydrogen-bond donors (Lipinski definition) is 2. The second-order valence-electron chi connectivity index (χ2n) is 6.44. The molecule has 30 heavy (non-hydrogen) atoms. The highest BCUT2D eigenvalue weighted by molar-refractivity contribution is 6.06. The first-order chi connectivity index (χ1) is 14.5. The van der Waals surface area contributed by atoms with Crippen molar-refractivity contribution in [2.24, 2.45) is 0 Å². The number of carbonyl (C=O) groups is 2. The first-order valence-electron chi connectivity index (χ1n) is 8.94. The zero-order valence-corrected chi connectivity index (χ0v) is 15.5. The molecule has 146 valence electrons. The van der Waals surface area contributed by atoms with E-state index in [1.54, 1.807) is 36.4 Å². The lowest BCUT2D eigenvalue weighted by Gasteiger charge is -2.08. The summed E-state index contributed by atoms with van der Waals surface area (Å²) >= 11 is 0. The van der Waals surface area contributed by atoms with Gasteiger partial charge in [-0.25, -0.2) is 4.39 Å². The molecule has 0 aliphatic heterocycles. The van der Waals surface area contributed by atoms with E-state index in [9.17, 15) is 14.0 Å². The van der Waals surface area contributed by atoms with Crippen molar-refractivity contribution in [3.05, 3.63) is 95.5 Å². The molecule has 0 aliphatic carbocycles. The van der Waals surface area contributed by atoms with Crippen LogP contribution in [0.3, 0.4) is 0 Å². The Morgan fingerprint density at radius 3 is 2.17 bits per heavy atom. The maximum atomic E-state index is 14.0. The lowest BCUT2D eigenvalue weighted by Crippen LogP contribution is -2.14. The summed E-state index contributed by atoms with van der Waals surface area (Å²) in [5, 5.41) is 14.9. The summed E-state index contributed by atoms with van der Waals surface area (Å²) in [6.07, 6.45) is 0. The maximum absolute atomic E-state index is 14.0. The molecule has 0 saturated carbocycles. The largest absolute Gasteiger partial charge is 0.451 e. The number of halogens is 1. The predicted molar refractivity (Wildman–Crippen MR) is 110 cm³/mol. The van der Waals surface area contributed by atoms with Gasteiger partial charge in [0.15, 0.2) is 5.76 Å². The monoisotopic (exact) mass is 399 g/mol. The zero-order valence-electron chi connectivity index (χ0n) is 15.5. The first-order valence-corrected chi connectivity index (χ1v) is 8.94. The fourth-order valence-corrected chi connectivity index (χ4v) is 2.89. The highest BCUT2D eigenvalue weighted by Crippen LogP contribution is 2.21. The van der Waals surface area contributed by atoms with Gasteiger partial charge in [0, 0.05) is 16.8 Å². The van der Waals surface area contributed by atoms with E-state index in [1.165, 1.54) is 12.1 Å². The third-order valence-electron chi connectivity index (χ3n) is 4.39. The smallest absolute Gasteiger partial charge is 0.291 e. The quantitative estimate of drug-likeness (QED) is 0.508. The molecule has 7 heteroatoms. The lowest BCUT2D eigenvalue weighted by molar-refractivity contribution is 0.0996. The molecule has 0 saturated heterocycles. The molecule has 2 N–H and O–H groups in total. The molecule has 2 amide bonds. The molecule has 0 atom stereocenters. The first kappa shape index (κ1) is 18.9. The summed E-state index contributed by atoms with van der Waals surface area (Å²) in [6, 6.07) is 20.8. The lowest BCUT2D eigenvalue weighted by atomic mass is 10.1. The number of carbonyl (C=O) groups excluding carboxylic acids is 2. The molecule has 6 nitrogen and oxygen atoms in total. The van der Waals surface area contributed by atoms with E-state index in [2.05, 4.69) is 10.6 Å². The van der Waals surface area contributed by atoms with Crippen LogP contribution in [0.2, 0.25) is 0 Å². The predicted octanol–water partition coefficient (Wildman–Crippen LogP) is 4.95. The molecule has 0 fully saturated rings. The van der Waals surface area contributed by atoms with Gasteiger partial charge in [-0.3, -0.25) is 9.59 Å². The zero-order chi connectivity index (χ0) is 21.1. The van der Waals surface area contributed by atoms with Gasteiger partial charge < -0.3 is 15.1 Å². The Bertz CT molecular complexity index is 1270. The molecule has 1 aromatic heterocycles. The summed E-state index contributed by atoms with van der Waals surface area (Å²) in [4.78, 5) is 24.6. The van der Waals surface area contributed by atoms with E-state index in [-0.39, 0.29) is 16.9 Å². The Morgan fingerprint density at radius 2 is 1.53 bits per heavy atom. The molecule has 4 rings (SSSR count). The van der Waals surface area contributed by atoms with Gasteiger partial charge in [0.05, 0.1) is 17.2 Å². The van der Waals surface area contributed by atoms with E-state index in [0.29, 0.717) is 17.0 Å². The van der Waals surface area contributed by atoms with E-state index in [4.69, 9.17) is 9.68 Å². The van der Waals surface area contributed by atoms with E-state index in [1.807, 2.05) is 24.3 Å². The van der Waals surface area contributed by atoms with Gasteiger partial charge in [-0.15, -0.1) is 0 Å². The van der Waals surface area contributed by atoms with E-state index >= 15 is 0 Å². The molecule has 4 aromatic rings. The SMILES string of the molecule is N#Cc1ccc(C(=O)Nc2ccc(NC(=O)c3cc4ccccc4o3)cc2)c(F)c1. The average Bonchev–Trinajstić information content (AvgIpc) is 3.19. The van der Waals surface area contributed by atoms with E-state index in [0.717, 1.165) is 11.5 Å². The van der Waals surface area contributed by atoms with Gasteiger partial charge in [-0.05, 0) is 54.6 Å². The van der Waals surface area contributed by atoms with Crippen molar-refractivity contribution < 1.29 is 18.4 Å². The van der Waals surface area contributed by atoms with Gasteiger partial charge in [0.1, 0.15) is 11.4 Å². The summed E-state index contributed by atoms with van der Waals surface area (Å²) < 4.78 is 19.5. The fraction of sp³-hybridized carbons (Fsp3) is 0. The Kier molecular flexibility index (Phi) is 4.97. The maximum Gasteiger partial charge on any atom is 0.291 e. The number of anilines is 2. The van der Waals surface area contributed by atoms with Crippen LogP contribution in [0.4, 0.5) is 15.8 Å². The van der Waals surface area contributed by atoms with Crippen molar-refractivity contribution in [2.75, 3.05) is 10.6 Å². The normalized spacial score (nSPS) is 10.4. The molecule has 0 radical (unpaired) electrons. The van der Waals surface area contributed by atoms with Crippen LogP contribution in [0.15, 0.2) is 77.2 Å². The summed E-state index contributed by atoms with van der Waals surface area (Å²) in [6.45, 7) is 0. The molecule has 1 heterocycles. The van der Waals surface area contributed by atoms with Crippen LogP contribution in [0.25, 0.3) is 11.0 Å². The van der Waals surface area contributed by atoms with Crippen molar-refractivity contribution >= 4 is 34.2 Å². The second-order valence-corrected chi connectivity index (χ2v) is 6.44.